The zero-order valence-corrected chi connectivity index (χ0v) is 25.2. The maximum Gasteiger partial charge on any atom is 0.153 e. The standard InChI is InChI=1S/C33H50O4/c1-30(2,3)21-14-19-13-20-15-22(31(4,5)6)17-24(33(10,11)12)28(20)37-29(27(36)25(35)18-34)26(19)23(16-21)32(7,8)9/h14-17,25,27,29,34-36H,13,18H2,1-12H3/t25-,27-,29?/m1/s1. The molecule has 1 unspecified atom stereocenters. The van der Waals surface area contributed by atoms with E-state index in [0.29, 0.717) is 6.42 Å². The van der Waals surface area contributed by atoms with Crippen LogP contribution in [0.4, 0.5) is 0 Å². The molecule has 0 bridgehead atoms. The Hall–Kier alpha value is -1.88. The normalized spacial score (nSPS) is 18.4. The van der Waals surface area contributed by atoms with E-state index in [9.17, 15) is 15.3 Å². The van der Waals surface area contributed by atoms with Gasteiger partial charge in [-0.1, -0.05) is 107 Å². The fourth-order valence-electron chi connectivity index (χ4n) is 5.14. The summed E-state index contributed by atoms with van der Waals surface area (Å²) in [6.07, 6.45) is -2.75. The molecular weight excluding hydrogens is 460 g/mol. The third kappa shape index (κ3) is 6.08. The quantitative estimate of drug-likeness (QED) is 0.434. The maximum atomic E-state index is 11.4. The fourth-order valence-corrected chi connectivity index (χ4v) is 5.14. The van der Waals surface area contributed by atoms with Gasteiger partial charge in [0.2, 0.25) is 0 Å². The number of aliphatic hydroxyl groups excluding tert-OH is 3. The Morgan fingerprint density at radius 3 is 1.59 bits per heavy atom. The molecule has 3 rings (SSSR count). The molecule has 206 valence electrons. The van der Waals surface area contributed by atoms with Gasteiger partial charge < -0.3 is 20.1 Å². The summed E-state index contributed by atoms with van der Waals surface area (Å²) in [5.41, 5.74) is 7.28. The van der Waals surface area contributed by atoms with E-state index in [1.807, 2.05) is 0 Å². The fraction of sp³-hybridized carbons (Fsp3) is 0.636. The number of aliphatic hydroxyl groups is 3. The monoisotopic (exact) mass is 510 g/mol. The minimum absolute atomic E-state index is 0.0417. The number of rotatable bonds is 3. The second kappa shape index (κ2) is 9.70. The first kappa shape index (κ1) is 29.7. The first-order chi connectivity index (χ1) is 16.7. The number of fused-ring (bicyclic) bond motifs is 2. The average molecular weight is 511 g/mol. The SMILES string of the molecule is CC(C)(C)c1cc2c(c(C(C)(C)C)c1)OC([C@H](O)[C@H](O)CO)c1c(cc(C(C)(C)C)cc1C(C)(C)C)C2. The molecule has 0 saturated carbocycles. The highest BCUT2D eigenvalue weighted by atomic mass is 16.5. The first-order valence-corrected chi connectivity index (χ1v) is 13.7. The summed E-state index contributed by atoms with van der Waals surface area (Å²) in [7, 11) is 0. The van der Waals surface area contributed by atoms with E-state index in [0.717, 1.165) is 33.6 Å². The number of benzene rings is 2. The topological polar surface area (TPSA) is 69.9 Å². The number of hydrogen-bond donors (Lipinski definition) is 3. The maximum absolute atomic E-state index is 11.4. The molecule has 0 amide bonds. The largest absolute Gasteiger partial charge is 0.482 e. The van der Waals surface area contributed by atoms with Crippen LogP contribution in [0.2, 0.25) is 0 Å². The second-order valence-corrected chi connectivity index (χ2v) is 15.1. The van der Waals surface area contributed by atoms with Gasteiger partial charge in [0, 0.05) is 17.5 Å². The Labute approximate surface area is 225 Å². The molecule has 2 aromatic rings. The lowest BCUT2D eigenvalue weighted by Gasteiger charge is -2.35. The van der Waals surface area contributed by atoms with Gasteiger partial charge in [-0.2, -0.15) is 0 Å². The Balaban J connectivity index is 2.47. The van der Waals surface area contributed by atoms with Crippen LogP contribution in [-0.4, -0.2) is 34.1 Å². The number of hydrogen-bond acceptors (Lipinski definition) is 4. The molecule has 37 heavy (non-hydrogen) atoms. The van der Waals surface area contributed by atoms with Crippen molar-refractivity contribution in [2.45, 2.75) is 129 Å². The number of ether oxygens (including phenoxy) is 1. The Bertz CT molecular complexity index is 1130. The van der Waals surface area contributed by atoms with E-state index < -0.39 is 24.9 Å². The molecule has 0 fully saturated rings. The summed E-state index contributed by atoms with van der Waals surface area (Å²) >= 11 is 0. The zero-order valence-electron chi connectivity index (χ0n) is 25.2. The molecule has 1 heterocycles. The lowest BCUT2D eigenvalue weighted by Crippen LogP contribution is -2.39. The van der Waals surface area contributed by atoms with Gasteiger partial charge in [-0.05, 0) is 49.5 Å². The summed E-state index contributed by atoms with van der Waals surface area (Å²) in [4.78, 5) is 0. The van der Waals surface area contributed by atoms with Crippen LogP contribution in [0, 0.1) is 0 Å². The van der Waals surface area contributed by atoms with Gasteiger partial charge in [-0.3, -0.25) is 0 Å². The summed E-state index contributed by atoms with van der Waals surface area (Å²) in [6, 6.07) is 9.00. The zero-order chi connectivity index (χ0) is 28.3. The van der Waals surface area contributed by atoms with Crippen LogP contribution in [0.1, 0.15) is 128 Å². The highest BCUT2D eigenvalue weighted by Crippen LogP contribution is 2.47. The van der Waals surface area contributed by atoms with E-state index in [2.05, 4.69) is 107 Å². The van der Waals surface area contributed by atoms with Gasteiger partial charge in [0.1, 0.15) is 18.0 Å². The molecule has 0 saturated heterocycles. The van der Waals surface area contributed by atoms with Crippen molar-refractivity contribution in [3.05, 3.63) is 63.2 Å². The van der Waals surface area contributed by atoms with Gasteiger partial charge in [0.15, 0.2) is 6.10 Å². The smallest absolute Gasteiger partial charge is 0.153 e. The minimum Gasteiger partial charge on any atom is -0.482 e. The van der Waals surface area contributed by atoms with Crippen LogP contribution < -0.4 is 4.74 Å². The molecule has 4 nitrogen and oxygen atoms in total. The van der Waals surface area contributed by atoms with Crippen LogP contribution in [0.25, 0.3) is 0 Å². The molecule has 0 aliphatic carbocycles. The van der Waals surface area contributed by atoms with Crippen molar-refractivity contribution in [3.63, 3.8) is 0 Å². The summed E-state index contributed by atoms with van der Waals surface area (Å²) in [6.45, 7) is 25.9. The van der Waals surface area contributed by atoms with Crippen molar-refractivity contribution < 1.29 is 20.1 Å². The predicted octanol–water partition coefficient (Wildman–Crippen LogP) is 6.62. The summed E-state index contributed by atoms with van der Waals surface area (Å²) in [5.74, 6) is 0.781. The minimum atomic E-state index is -1.32. The second-order valence-electron chi connectivity index (χ2n) is 15.1. The lowest BCUT2D eigenvalue weighted by molar-refractivity contribution is -0.0696. The van der Waals surface area contributed by atoms with Gasteiger partial charge in [0.05, 0.1) is 6.61 Å². The highest BCUT2D eigenvalue weighted by Gasteiger charge is 2.40. The van der Waals surface area contributed by atoms with E-state index in [1.165, 1.54) is 11.1 Å². The molecule has 0 radical (unpaired) electrons. The molecule has 3 atom stereocenters. The van der Waals surface area contributed by atoms with Crippen molar-refractivity contribution in [3.8, 4) is 5.75 Å². The van der Waals surface area contributed by atoms with Gasteiger partial charge in [0.25, 0.3) is 0 Å². The van der Waals surface area contributed by atoms with Crippen LogP contribution in [0.3, 0.4) is 0 Å². The van der Waals surface area contributed by atoms with Gasteiger partial charge in [-0.15, -0.1) is 0 Å². The van der Waals surface area contributed by atoms with E-state index in [-0.39, 0.29) is 21.7 Å². The van der Waals surface area contributed by atoms with Gasteiger partial charge >= 0.3 is 0 Å². The average Bonchev–Trinajstić information content (AvgIpc) is 2.90. The van der Waals surface area contributed by atoms with Crippen molar-refractivity contribution in [2.75, 3.05) is 6.61 Å². The molecule has 1 aliphatic heterocycles. The van der Waals surface area contributed by atoms with Crippen molar-refractivity contribution in [1.29, 1.82) is 0 Å². The van der Waals surface area contributed by atoms with Crippen LogP contribution in [0.5, 0.6) is 5.75 Å². The Morgan fingerprint density at radius 2 is 1.16 bits per heavy atom. The third-order valence-corrected chi connectivity index (χ3v) is 7.58. The van der Waals surface area contributed by atoms with E-state index in [1.54, 1.807) is 0 Å². The molecule has 2 aromatic carbocycles. The highest BCUT2D eigenvalue weighted by molar-refractivity contribution is 5.56. The molecule has 3 N–H and O–H groups in total. The van der Waals surface area contributed by atoms with Crippen LogP contribution >= 0.6 is 0 Å². The molecule has 4 heteroatoms. The van der Waals surface area contributed by atoms with Crippen molar-refractivity contribution in [2.24, 2.45) is 0 Å². The Morgan fingerprint density at radius 1 is 0.703 bits per heavy atom. The van der Waals surface area contributed by atoms with E-state index in [4.69, 9.17) is 4.74 Å². The molecule has 0 aromatic heterocycles. The first-order valence-electron chi connectivity index (χ1n) is 13.7. The van der Waals surface area contributed by atoms with Gasteiger partial charge in [-0.25, -0.2) is 0 Å². The molecular formula is C33H50O4. The Kier molecular flexibility index (Phi) is 7.78. The predicted molar refractivity (Wildman–Crippen MR) is 153 cm³/mol. The third-order valence-electron chi connectivity index (χ3n) is 7.58. The van der Waals surface area contributed by atoms with Crippen LogP contribution in [0.15, 0.2) is 24.3 Å². The summed E-state index contributed by atoms with van der Waals surface area (Å²) in [5, 5.41) is 31.8. The molecule has 1 aliphatic rings. The lowest BCUT2D eigenvalue weighted by atomic mass is 9.74. The van der Waals surface area contributed by atoms with Crippen molar-refractivity contribution >= 4 is 0 Å². The summed E-state index contributed by atoms with van der Waals surface area (Å²) < 4.78 is 6.83. The van der Waals surface area contributed by atoms with Crippen molar-refractivity contribution in [1.82, 2.24) is 0 Å². The van der Waals surface area contributed by atoms with E-state index >= 15 is 0 Å². The molecule has 0 spiro atoms. The van der Waals surface area contributed by atoms with Crippen LogP contribution in [-0.2, 0) is 28.1 Å².